The van der Waals surface area contributed by atoms with E-state index in [4.69, 9.17) is 34.8 Å². The molecule has 1 heterocycles. The molecule has 34 heavy (non-hydrogen) atoms. The zero-order valence-electron chi connectivity index (χ0n) is 19.1. The van der Waals surface area contributed by atoms with Crippen molar-refractivity contribution in [2.75, 3.05) is 30.2 Å². The molecule has 11 heteroatoms. The maximum atomic E-state index is 13.6. The van der Waals surface area contributed by atoms with Gasteiger partial charge in [0.2, 0.25) is 0 Å². The van der Waals surface area contributed by atoms with Gasteiger partial charge in [-0.25, -0.2) is 16.8 Å². The molecular formula is C23H29Cl3N2O4S2. The Kier molecular flexibility index (Phi) is 9.20. The maximum Gasteiger partial charge on any atom is 0.264 e. The molecule has 1 aliphatic rings. The zero-order valence-corrected chi connectivity index (χ0v) is 23.0. The molecule has 1 saturated heterocycles. The average molecular weight is 568 g/mol. The van der Waals surface area contributed by atoms with E-state index in [2.05, 4.69) is 4.90 Å². The van der Waals surface area contributed by atoms with E-state index in [0.29, 0.717) is 35.1 Å². The number of sulfone groups is 1. The molecular weight excluding hydrogens is 539 g/mol. The molecule has 0 bridgehead atoms. The van der Waals surface area contributed by atoms with Crippen LogP contribution >= 0.6 is 34.8 Å². The van der Waals surface area contributed by atoms with E-state index in [1.165, 1.54) is 34.8 Å². The first-order valence-corrected chi connectivity index (χ1v) is 15.6. The Bertz CT molecular complexity index is 1210. The Morgan fingerprint density at radius 1 is 1.00 bits per heavy atom. The Balaban J connectivity index is 1.73. The van der Waals surface area contributed by atoms with Crippen LogP contribution in [0.15, 0.2) is 47.4 Å². The lowest BCUT2D eigenvalue weighted by Crippen LogP contribution is -2.39. The number of rotatable bonds is 10. The Morgan fingerprint density at radius 2 is 1.65 bits per heavy atom. The second-order valence-electron chi connectivity index (χ2n) is 8.74. The van der Waals surface area contributed by atoms with Crippen molar-refractivity contribution in [1.29, 1.82) is 0 Å². The number of nitrogens with zero attached hydrogens (tertiary/aromatic N) is 2. The van der Waals surface area contributed by atoms with Crippen molar-refractivity contribution in [3.63, 3.8) is 0 Å². The third kappa shape index (κ3) is 6.80. The molecule has 0 radical (unpaired) electrons. The number of benzene rings is 2. The van der Waals surface area contributed by atoms with Crippen LogP contribution in [0.3, 0.4) is 0 Å². The monoisotopic (exact) mass is 566 g/mol. The summed E-state index contributed by atoms with van der Waals surface area (Å²) in [5.41, 5.74) is 0.326. The molecule has 0 saturated carbocycles. The highest BCUT2D eigenvalue weighted by Crippen LogP contribution is 2.35. The van der Waals surface area contributed by atoms with Gasteiger partial charge in [-0.2, -0.15) is 0 Å². The predicted molar refractivity (Wildman–Crippen MR) is 141 cm³/mol. The summed E-state index contributed by atoms with van der Waals surface area (Å²) in [5.74, 6) is 0. The molecule has 2 atom stereocenters. The highest BCUT2D eigenvalue weighted by molar-refractivity contribution is 7.93. The van der Waals surface area contributed by atoms with E-state index in [1.807, 2.05) is 6.92 Å². The van der Waals surface area contributed by atoms with Gasteiger partial charge >= 0.3 is 0 Å². The normalized spacial score (nSPS) is 18.2. The van der Waals surface area contributed by atoms with Gasteiger partial charge in [0, 0.05) is 28.9 Å². The maximum absolute atomic E-state index is 13.6. The highest BCUT2D eigenvalue weighted by atomic mass is 35.5. The van der Waals surface area contributed by atoms with Crippen molar-refractivity contribution < 1.29 is 16.8 Å². The Hall–Kier alpha value is -1.03. The molecule has 6 nitrogen and oxygen atoms in total. The largest absolute Gasteiger partial charge is 0.302 e. The molecule has 3 rings (SSSR count). The molecule has 0 aliphatic carbocycles. The lowest BCUT2D eigenvalue weighted by Gasteiger charge is -2.31. The molecule has 0 aromatic heterocycles. The first-order valence-electron chi connectivity index (χ1n) is 11.1. The summed E-state index contributed by atoms with van der Waals surface area (Å²) in [6, 6.07) is 10.4. The van der Waals surface area contributed by atoms with Crippen LogP contribution in [-0.2, 0) is 19.9 Å². The minimum atomic E-state index is -3.93. The van der Waals surface area contributed by atoms with Gasteiger partial charge in [-0.3, -0.25) is 4.31 Å². The van der Waals surface area contributed by atoms with Gasteiger partial charge in [0.15, 0.2) is 9.84 Å². The number of sulfonamides is 1. The standard InChI is InChI=1S/C23H29Cl3N2O4S2/c1-17(5-3-4-13-27-14-12-21(16-27)33(2,29)30)28(23-15-19(25)8-11-22(23)26)34(31,32)20-9-6-18(24)7-10-20/h6-11,15,17,21H,3-5,12-14,16H2,1-2H3/t17-,21?/m1/s1. The molecule has 1 fully saturated rings. The summed E-state index contributed by atoms with van der Waals surface area (Å²) in [7, 11) is -6.95. The molecule has 1 unspecified atom stereocenters. The van der Waals surface area contributed by atoms with Crippen molar-refractivity contribution in [1.82, 2.24) is 4.90 Å². The van der Waals surface area contributed by atoms with Crippen molar-refractivity contribution >= 4 is 60.4 Å². The van der Waals surface area contributed by atoms with Crippen LogP contribution in [0.5, 0.6) is 0 Å². The molecule has 188 valence electrons. The average Bonchev–Trinajstić information content (AvgIpc) is 3.24. The molecule has 1 aliphatic heterocycles. The summed E-state index contributed by atoms with van der Waals surface area (Å²) >= 11 is 18.5. The van der Waals surface area contributed by atoms with Crippen LogP contribution in [0.1, 0.15) is 32.6 Å². The van der Waals surface area contributed by atoms with Crippen LogP contribution < -0.4 is 4.31 Å². The predicted octanol–water partition coefficient (Wildman–Crippen LogP) is 5.52. The SMILES string of the molecule is C[C@H](CCCCN1CCC(S(C)(=O)=O)C1)N(c1cc(Cl)ccc1Cl)S(=O)(=O)c1ccc(Cl)cc1. The first kappa shape index (κ1) is 27.6. The second kappa shape index (κ2) is 11.4. The number of anilines is 1. The van der Waals surface area contributed by atoms with Gasteiger partial charge in [-0.1, -0.05) is 41.2 Å². The number of halogens is 3. The van der Waals surface area contributed by atoms with Crippen LogP contribution in [-0.4, -0.2) is 58.9 Å². The number of hydrogen-bond acceptors (Lipinski definition) is 5. The van der Waals surface area contributed by atoms with Crippen LogP contribution in [0.2, 0.25) is 15.1 Å². The first-order chi connectivity index (χ1) is 15.9. The van der Waals surface area contributed by atoms with Gasteiger partial charge in [-0.15, -0.1) is 0 Å². The minimum absolute atomic E-state index is 0.115. The summed E-state index contributed by atoms with van der Waals surface area (Å²) in [6.45, 7) is 3.95. The molecule has 0 amide bonds. The van der Waals surface area contributed by atoms with Gasteiger partial charge < -0.3 is 4.90 Å². The van der Waals surface area contributed by atoms with E-state index in [9.17, 15) is 16.8 Å². The summed E-state index contributed by atoms with van der Waals surface area (Å²) < 4.78 is 52.2. The summed E-state index contributed by atoms with van der Waals surface area (Å²) in [6.07, 6.45) is 4.15. The molecule has 0 N–H and O–H groups in total. The van der Waals surface area contributed by atoms with Crippen LogP contribution in [0.4, 0.5) is 5.69 Å². The fourth-order valence-corrected chi connectivity index (χ4v) is 7.48. The van der Waals surface area contributed by atoms with Crippen LogP contribution in [0, 0.1) is 0 Å². The minimum Gasteiger partial charge on any atom is -0.302 e. The van der Waals surface area contributed by atoms with Crippen molar-refractivity contribution in [3.8, 4) is 0 Å². The second-order valence-corrected chi connectivity index (χ2v) is 14.2. The van der Waals surface area contributed by atoms with E-state index >= 15 is 0 Å². The van der Waals surface area contributed by atoms with Crippen molar-refractivity contribution in [2.45, 2.75) is 48.8 Å². The summed E-state index contributed by atoms with van der Waals surface area (Å²) in [4.78, 5) is 2.27. The third-order valence-corrected chi connectivity index (χ3v) is 10.4. The van der Waals surface area contributed by atoms with Crippen molar-refractivity contribution in [3.05, 3.63) is 57.5 Å². The van der Waals surface area contributed by atoms with Crippen molar-refractivity contribution in [2.24, 2.45) is 0 Å². The third-order valence-electron chi connectivity index (χ3n) is 6.10. The van der Waals surface area contributed by atoms with Gasteiger partial charge in [-0.05, 0) is 81.7 Å². The van der Waals surface area contributed by atoms with Gasteiger partial charge in [0.1, 0.15) is 0 Å². The van der Waals surface area contributed by atoms with Gasteiger partial charge in [0.05, 0.1) is 20.9 Å². The lowest BCUT2D eigenvalue weighted by molar-refractivity contribution is 0.327. The summed E-state index contributed by atoms with van der Waals surface area (Å²) in [5, 5.41) is 0.825. The number of unbranched alkanes of at least 4 members (excludes halogenated alkanes) is 1. The smallest absolute Gasteiger partial charge is 0.264 e. The molecule has 2 aromatic rings. The van der Waals surface area contributed by atoms with E-state index in [-0.39, 0.29) is 21.2 Å². The fraction of sp³-hybridized carbons (Fsp3) is 0.478. The Morgan fingerprint density at radius 3 is 2.26 bits per heavy atom. The van der Waals surface area contributed by atoms with Gasteiger partial charge in [0.25, 0.3) is 10.0 Å². The van der Waals surface area contributed by atoms with Crippen LogP contribution in [0.25, 0.3) is 0 Å². The van der Waals surface area contributed by atoms with E-state index in [0.717, 1.165) is 25.9 Å². The number of likely N-dealkylation sites (tertiary alicyclic amines) is 1. The lowest BCUT2D eigenvalue weighted by atomic mass is 10.1. The quantitative estimate of drug-likeness (QED) is 0.354. The van der Waals surface area contributed by atoms with E-state index in [1.54, 1.807) is 18.2 Å². The molecule has 2 aromatic carbocycles. The fourth-order valence-electron chi connectivity index (χ4n) is 4.22. The zero-order chi connectivity index (χ0) is 25.1. The highest BCUT2D eigenvalue weighted by Gasteiger charge is 2.32. The molecule has 0 spiro atoms. The van der Waals surface area contributed by atoms with E-state index < -0.39 is 19.9 Å². The number of hydrogen-bond donors (Lipinski definition) is 0. The topological polar surface area (TPSA) is 74.8 Å². The Labute approximate surface area is 217 Å².